The molecule has 0 saturated heterocycles. The van der Waals surface area contributed by atoms with E-state index in [1.54, 1.807) is 18.2 Å². The molecule has 0 bridgehead atoms. The van der Waals surface area contributed by atoms with Crippen molar-refractivity contribution in [1.29, 1.82) is 0 Å². The molecule has 0 spiro atoms. The van der Waals surface area contributed by atoms with Gasteiger partial charge < -0.3 is 5.32 Å². The van der Waals surface area contributed by atoms with Crippen LogP contribution in [0.15, 0.2) is 18.2 Å². The minimum Gasteiger partial charge on any atom is -0.310 e. The summed E-state index contributed by atoms with van der Waals surface area (Å²) in [5.74, 6) is 0.107. The molecule has 0 amide bonds. The van der Waals surface area contributed by atoms with Crippen LogP contribution in [0.5, 0.6) is 0 Å². The van der Waals surface area contributed by atoms with E-state index in [0.717, 1.165) is 18.5 Å². The average Bonchev–Trinajstić information content (AvgIpc) is 2.30. The maximum absolute atomic E-state index is 11.3. The Morgan fingerprint density at radius 3 is 2.32 bits per heavy atom. The molecule has 0 fully saturated rings. The van der Waals surface area contributed by atoms with Crippen molar-refractivity contribution in [2.75, 3.05) is 18.6 Å². The summed E-state index contributed by atoms with van der Waals surface area (Å²) in [7, 11) is -3.00. The quantitative estimate of drug-likeness (QED) is 0.835. The van der Waals surface area contributed by atoms with E-state index in [9.17, 15) is 8.42 Å². The zero-order valence-corrected chi connectivity index (χ0v) is 13.4. The molecule has 3 nitrogen and oxygen atoms in total. The molecule has 0 aliphatic rings. The second-order valence-corrected chi connectivity index (χ2v) is 7.63. The van der Waals surface area contributed by atoms with Crippen molar-refractivity contribution in [3.63, 3.8) is 0 Å². The molecule has 0 heterocycles. The van der Waals surface area contributed by atoms with E-state index in [4.69, 9.17) is 23.2 Å². The first-order chi connectivity index (χ1) is 8.85. The van der Waals surface area contributed by atoms with Crippen LogP contribution in [0, 0.1) is 0 Å². The maximum Gasteiger partial charge on any atom is 0.147 e. The molecule has 0 aromatic heterocycles. The first kappa shape index (κ1) is 16.8. The summed E-state index contributed by atoms with van der Waals surface area (Å²) in [6.07, 6.45) is 2.65. The van der Waals surface area contributed by atoms with Crippen LogP contribution in [-0.2, 0) is 9.84 Å². The van der Waals surface area contributed by atoms with E-state index < -0.39 is 9.84 Å². The minimum absolute atomic E-state index is 0.107. The van der Waals surface area contributed by atoms with Crippen LogP contribution >= 0.6 is 23.2 Å². The van der Waals surface area contributed by atoms with Crippen molar-refractivity contribution in [2.24, 2.45) is 0 Å². The third-order valence-corrected chi connectivity index (χ3v) is 4.40. The Bertz CT molecular complexity index is 497. The summed E-state index contributed by atoms with van der Waals surface area (Å²) in [5, 5.41) is 4.44. The van der Waals surface area contributed by atoms with E-state index in [-0.39, 0.29) is 11.8 Å². The van der Waals surface area contributed by atoms with Crippen molar-refractivity contribution >= 4 is 33.0 Å². The molecule has 0 saturated carbocycles. The number of halogens is 2. The van der Waals surface area contributed by atoms with Gasteiger partial charge in [-0.1, -0.05) is 36.2 Å². The Morgan fingerprint density at radius 1 is 1.26 bits per heavy atom. The Balaban J connectivity index is 2.95. The zero-order chi connectivity index (χ0) is 14.5. The summed E-state index contributed by atoms with van der Waals surface area (Å²) in [5.41, 5.74) is 0.780. The molecule has 6 heteroatoms. The smallest absolute Gasteiger partial charge is 0.147 e. The van der Waals surface area contributed by atoms with Crippen LogP contribution in [0.4, 0.5) is 0 Å². The number of hydrogen-bond donors (Lipinski definition) is 1. The van der Waals surface area contributed by atoms with Crippen molar-refractivity contribution in [3.8, 4) is 0 Å². The molecule has 1 atom stereocenters. The molecule has 0 radical (unpaired) electrons. The fourth-order valence-electron chi connectivity index (χ4n) is 1.84. The van der Waals surface area contributed by atoms with Crippen molar-refractivity contribution in [2.45, 2.75) is 25.8 Å². The SMILES string of the molecule is CCCNC(CCS(C)(=O)=O)c1c(Cl)cccc1Cl. The molecule has 1 N–H and O–H groups in total. The highest BCUT2D eigenvalue weighted by atomic mass is 35.5. The van der Waals surface area contributed by atoms with Gasteiger partial charge in [0.15, 0.2) is 0 Å². The lowest BCUT2D eigenvalue weighted by Crippen LogP contribution is -2.25. The van der Waals surface area contributed by atoms with Gasteiger partial charge >= 0.3 is 0 Å². The van der Waals surface area contributed by atoms with E-state index in [1.165, 1.54) is 6.26 Å². The lowest BCUT2D eigenvalue weighted by Gasteiger charge is -2.21. The number of hydrogen-bond acceptors (Lipinski definition) is 3. The number of nitrogens with one attached hydrogen (secondary N) is 1. The van der Waals surface area contributed by atoms with Gasteiger partial charge in [-0.2, -0.15) is 0 Å². The molecule has 1 aromatic rings. The van der Waals surface area contributed by atoms with Crippen LogP contribution < -0.4 is 5.32 Å². The molecular formula is C13H19Cl2NO2S. The molecule has 0 aliphatic heterocycles. The summed E-state index contributed by atoms with van der Waals surface area (Å²) < 4.78 is 22.6. The Kier molecular flexibility index (Phi) is 6.60. The third-order valence-electron chi connectivity index (χ3n) is 2.77. The number of benzene rings is 1. The van der Waals surface area contributed by atoms with Crippen LogP contribution in [0.3, 0.4) is 0 Å². The molecule has 1 aromatic carbocycles. The Labute approximate surface area is 125 Å². The van der Waals surface area contributed by atoms with Gasteiger partial charge in [0, 0.05) is 27.9 Å². The average molecular weight is 324 g/mol. The second-order valence-electron chi connectivity index (χ2n) is 4.56. The van der Waals surface area contributed by atoms with Crippen LogP contribution in [-0.4, -0.2) is 27.0 Å². The Hall–Kier alpha value is -0.290. The topological polar surface area (TPSA) is 46.2 Å². The van der Waals surface area contributed by atoms with Crippen molar-refractivity contribution in [3.05, 3.63) is 33.8 Å². The lowest BCUT2D eigenvalue weighted by atomic mass is 10.0. The van der Waals surface area contributed by atoms with Gasteiger partial charge in [0.25, 0.3) is 0 Å². The monoisotopic (exact) mass is 323 g/mol. The fraction of sp³-hybridized carbons (Fsp3) is 0.538. The third kappa shape index (κ3) is 5.69. The first-order valence-corrected chi connectivity index (χ1v) is 9.01. The highest BCUT2D eigenvalue weighted by Gasteiger charge is 2.19. The molecule has 1 rings (SSSR count). The summed E-state index contributed by atoms with van der Waals surface area (Å²) in [6, 6.07) is 5.17. The second kappa shape index (κ2) is 7.48. The first-order valence-electron chi connectivity index (χ1n) is 6.20. The summed E-state index contributed by atoms with van der Waals surface area (Å²) >= 11 is 12.4. The van der Waals surface area contributed by atoms with Gasteiger partial charge in [-0.3, -0.25) is 0 Å². The highest BCUT2D eigenvalue weighted by Crippen LogP contribution is 2.32. The normalized spacial score (nSPS) is 13.5. The number of rotatable bonds is 7. The van der Waals surface area contributed by atoms with Gasteiger partial charge in [-0.25, -0.2) is 8.42 Å². The fourth-order valence-corrected chi connectivity index (χ4v) is 3.17. The van der Waals surface area contributed by atoms with Gasteiger partial charge in [0.05, 0.1) is 5.75 Å². The predicted octanol–water partition coefficient (Wildman–Crippen LogP) is 3.47. The lowest BCUT2D eigenvalue weighted by molar-refractivity contribution is 0.514. The van der Waals surface area contributed by atoms with Crippen molar-refractivity contribution < 1.29 is 8.42 Å². The minimum atomic E-state index is -3.00. The van der Waals surface area contributed by atoms with E-state index in [2.05, 4.69) is 12.2 Å². The van der Waals surface area contributed by atoms with Gasteiger partial charge in [0.1, 0.15) is 9.84 Å². The molecule has 108 valence electrons. The molecular weight excluding hydrogens is 305 g/mol. The van der Waals surface area contributed by atoms with Crippen molar-refractivity contribution in [1.82, 2.24) is 5.32 Å². The van der Waals surface area contributed by atoms with E-state index >= 15 is 0 Å². The summed E-state index contributed by atoms with van der Waals surface area (Å²) in [4.78, 5) is 0. The van der Waals surface area contributed by atoms with E-state index in [1.807, 2.05) is 0 Å². The molecule has 0 aliphatic carbocycles. The largest absolute Gasteiger partial charge is 0.310 e. The van der Waals surface area contributed by atoms with Gasteiger partial charge in [-0.15, -0.1) is 0 Å². The van der Waals surface area contributed by atoms with Crippen LogP contribution in [0.25, 0.3) is 0 Å². The highest BCUT2D eigenvalue weighted by molar-refractivity contribution is 7.90. The Morgan fingerprint density at radius 2 is 1.84 bits per heavy atom. The molecule has 1 unspecified atom stereocenters. The van der Waals surface area contributed by atoms with Gasteiger partial charge in [0.2, 0.25) is 0 Å². The maximum atomic E-state index is 11.3. The van der Waals surface area contributed by atoms with E-state index in [0.29, 0.717) is 16.5 Å². The predicted molar refractivity (Wildman–Crippen MR) is 81.8 cm³/mol. The van der Waals surface area contributed by atoms with Crippen LogP contribution in [0.1, 0.15) is 31.4 Å². The van der Waals surface area contributed by atoms with Gasteiger partial charge in [-0.05, 0) is 31.5 Å². The van der Waals surface area contributed by atoms with Crippen LogP contribution in [0.2, 0.25) is 10.0 Å². The standard InChI is InChI=1S/C13H19Cl2NO2S/c1-3-8-16-12(7-9-19(2,17)18)13-10(14)5-4-6-11(13)15/h4-6,12,16H,3,7-9H2,1-2H3. The number of sulfone groups is 1. The zero-order valence-electron chi connectivity index (χ0n) is 11.1. The summed E-state index contributed by atoms with van der Waals surface area (Å²) in [6.45, 7) is 2.84. The molecule has 19 heavy (non-hydrogen) atoms.